The lowest BCUT2D eigenvalue weighted by molar-refractivity contribution is -0.384. The minimum Gasteiger partial charge on any atom is -0.423 e. The van der Waals surface area contributed by atoms with Gasteiger partial charge in [0.2, 0.25) is 0 Å². The summed E-state index contributed by atoms with van der Waals surface area (Å²) in [5.41, 5.74) is 1.09. The molecule has 0 bridgehead atoms. The number of nitro benzene ring substituents is 1. The summed E-state index contributed by atoms with van der Waals surface area (Å²) in [5, 5.41) is 14.2. The number of oxazole rings is 1. The van der Waals surface area contributed by atoms with E-state index in [1.54, 1.807) is 6.07 Å². The molecule has 1 N–H and O–H groups in total. The van der Waals surface area contributed by atoms with Gasteiger partial charge in [-0.05, 0) is 25.5 Å². The number of fused-ring (bicyclic) bond motifs is 1. The minimum absolute atomic E-state index is 0.0142. The maximum atomic E-state index is 10.7. The third-order valence-corrected chi connectivity index (χ3v) is 3.55. The molecule has 1 unspecified atom stereocenters. The number of anilines is 1. The predicted molar refractivity (Wildman–Crippen MR) is 75.0 cm³/mol. The van der Waals surface area contributed by atoms with E-state index in [0.717, 1.165) is 19.5 Å². The average Bonchev–Trinajstić information content (AvgIpc) is 3.05. The van der Waals surface area contributed by atoms with Crippen LogP contribution in [-0.2, 0) is 0 Å². The standard InChI is InChI=1S/C13H16N4O3/c1-16(8-9-3-2-6-14-9)13-15-11-5-4-10(17(18)19)7-12(11)20-13/h4-5,7,9,14H,2-3,6,8H2,1H3. The molecule has 0 spiro atoms. The van der Waals surface area contributed by atoms with Crippen LogP contribution >= 0.6 is 0 Å². The van der Waals surface area contributed by atoms with Gasteiger partial charge in [0.05, 0.1) is 11.0 Å². The van der Waals surface area contributed by atoms with E-state index in [9.17, 15) is 10.1 Å². The van der Waals surface area contributed by atoms with E-state index >= 15 is 0 Å². The largest absolute Gasteiger partial charge is 0.423 e. The molecule has 0 aliphatic carbocycles. The van der Waals surface area contributed by atoms with Gasteiger partial charge in [0.25, 0.3) is 11.7 Å². The van der Waals surface area contributed by atoms with Crippen LogP contribution in [0.3, 0.4) is 0 Å². The molecular weight excluding hydrogens is 260 g/mol. The summed E-state index contributed by atoms with van der Waals surface area (Å²) < 4.78 is 5.61. The van der Waals surface area contributed by atoms with Crippen molar-refractivity contribution in [1.29, 1.82) is 0 Å². The number of nitrogens with one attached hydrogen (secondary N) is 1. The lowest BCUT2D eigenvalue weighted by atomic mass is 10.2. The fourth-order valence-corrected chi connectivity index (χ4v) is 2.50. The van der Waals surface area contributed by atoms with Gasteiger partial charge in [0, 0.05) is 25.7 Å². The van der Waals surface area contributed by atoms with Crippen molar-refractivity contribution in [2.75, 3.05) is 25.0 Å². The molecule has 2 aromatic rings. The number of aromatic nitrogens is 1. The van der Waals surface area contributed by atoms with Crippen LogP contribution in [0.1, 0.15) is 12.8 Å². The lowest BCUT2D eigenvalue weighted by Gasteiger charge is -2.19. The summed E-state index contributed by atoms with van der Waals surface area (Å²) >= 11 is 0. The van der Waals surface area contributed by atoms with Crippen molar-refractivity contribution in [2.24, 2.45) is 0 Å². The fraction of sp³-hybridized carbons (Fsp3) is 0.462. The van der Waals surface area contributed by atoms with Gasteiger partial charge in [-0.25, -0.2) is 0 Å². The third kappa shape index (κ3) is 2.44. The van der Waals surface area contributed by atoms with Crippen molar-refractivity contribution in [1.82, 2.24) is 10.3 Å². The van der Waals surface area contributed by atoms with E-state index in [2.05, 4.69) is 10.3 Å². The summed E-state index contributed by atoms with van der Waals surface area (Å²) in [6.07, 6.45) is 2.34. The number of nitro groups is 1. The first-order valence-electron chi connectivity index (χ1n) is 6.63. The van der Waals surface area contributed by atoms with Crippen molar-refractivity contribution in [3.8, 4) is 0 Å². The van der Waals surface area contributed by atoms with E-state index in [1.807, 2.05) is 11.9 Å². The molecule has 20 heavy (non-hydrogen) atoms. The quantitative estimate of drug-likeness (QED) is 0.678. The number of nitrogens with zero attached hydrogens (tertiary/aromatic N) is 3. The molecule has 1 aromatic heterocycles. The van der Waals surface area contributed by atoms with Crippen LogP contribution in [0, 0.1) is 10.1 Å². The van der Waals surface area contributed by atoms with Crippen molar-refractivity contribution < 1.29 is 9.34 Å². The Labute approximate surface area is 115 Å². The maximum Gasteiger partial charge on any atom is 0.298 e. The monoisotopic (exact) mass is 276 g/mol. The highest BCUT2D eigenvalue weighted by Crippen LogP contribution is 2.25. The van der Waals surface area contributed by atoms with Crippen molar-refractivity contribution in [2.45, 2.75) is 18.9 Å². The van der Waals surface area contributed by atoms with Gasteiger partial charge in [-0.1, -0.05) is 0 Å². The second-order valence-electron chi connectivity index (χ2n) is 5.08. The Morgan fingerprint density at radius 1 is 1.60 bits per heavy atom. The Morgan fingerprint density at radius 3 is 3.15 bits per heavy atom. The van der Waals surface area contributed by atoms with Gasteiger partial charge in [-0.2, -0.15) is 4.98 Å². The summed E-state index contributed by atoms with van der Waals surface area (Å²) in [5.74, 6) is 0. The molecular formula is C13H16N4O3. The highest BCUT2D eigenvalue weighted by Gasteiger charge is 2.19. The van der Waals surface area contributed by atoms with Crippen LogP contribution in [-0.4, -0.2) is 36.1 Å². The van der Waals surface area contributed by atoms with E-state index < -0.39 is 4.92 Å². The minimum atomic E-state index is -0.437. The van der Waals surface area contributed by atoms with Gasteiger partial charge in [0.15, 0.2) is 5.58 Å². The van der Waals surface area contributed by atoms with E-state index in [1.165, 1.54) is 18.6 Å². The van der Waals surface area contributed by atoms with E-state index in [4.69, 9.17) is 4.42 Å². The third-order valence-electron chi connectivity index (χ3n) is 3.55. The lowest BCUT2D eigenvalue weighted by Crippen LogP contribution is -2.35. The average molecular weight is 276 g/mol. The molecule has 2 heterocycles. The normalized spacial score (nSPS) is 18.6. The molecule has 1 fully saturated rings. The number of hydrogen-bond acceptors (Lipinski definition) is 6. The molecule has 7 heteroatoms. The molecule has 1 aromatic carbocycles. The Morgan fingerprint density at radius 2 is 2.45 bits per heavy atom. The Balaban J connectivity index is 1.82. The second kappa shape index (κ2) is 5.09. The Hall–Kier alpha value is -2.15. The van der Waals surface area contributed by atoms with E-state index in [-0.39, 0.29) is 5.69 Å². The summed E-state index contributed by atoms with van der Waals surface area (Å²) in [6, 6.07) is 5.40. The van der Waals surface area contributed by atoms with Crippen LogP contribution in [0.25, 0.3) is 11.1 Å². The smallest absolute Gasteiger partial charge is 0.298 e. The molecule has 0 saturated carbocycles. The molecule has 1 aliphatic rings. The van der Waals surface area contributed by atoms with Gasteiger partial charge in [-0.15, -0.1) is 0 Å². The maximum absolute atomic E-state index is 10.7. The Bertz CT molecular complexity index is 634. The molecule has 0 amide bonds. The summed E-state index contributed by atoms with van der Waals surface area (Å²) in [4.78, 5) is 16.6. The van der Waals surface area contributed by atoms with Crippen molar-refractivity contribution >= 4 is 22.8 Å². The molecule has 1 atom stereocenters. The zero-order chi connectivity index (χ0) is 14.1. The molecule has 106 valence electrons. The van der Waals surface area contributed by atoms with Gasteiger partial charge < -0.3 is 14.6 Å². The Kier molecular flexibility index (Phi) is 3.27. The number of non-ortho nitro benzene ring substituents is 1. The van der Waals surface area contributed by atoms with Crippen LogP contribution in [0.4, 0.5) is 11.7 Å². The van der Waals surface area contributed by atoms with Crippen molar-refractivity contribution in [3.63, 3.8) is 0 Å². The first-order chi connectivity index (χ1) is 9.63. The van der Waals surface area contributed by atoms with Gasteiger partial charge in [-0.3, -0.25) is 10.1 Å². The first kappa shape index (κ1) is 12.9. The fourth-order valence-electron chi connectivity index (χ4n) is 2.50. The second-order valence-corrected chi connectivity index (χ2v) is 5.08. The predicted octanol–water partition coefficient (Wildman–Crippen LogP) is 1.92. The van der Waals surface area contributed by atoms with Crippen LogP contribution in [0.5, 0.6) is 0 Å². The number of rotatable bonds is 4. The molecule has 3 rings (SSSR count). The highest BCUT2D eigenvalue weighted by molar-refractivity contribution is 5.77. The van der Waals surface area contributed by atoms with Gasteiger partial charge >= 0.3 is 0 Å². The highest BCUT2D eigenvalue weighted by atomic mass is 16.6. The number of hydrogen-bond donors (Lipinski definition) is 1. The summed E-state index contributed by atoms with van der Waals surface area (Å²) in [7, 11) is 1.92. The topological polar surface area (TPSA) is 84.4 Å². The van der Waals surface area contributed by atoms with E-state index in [0.29, 0.717) is 23.2 Å². The van der Waals surface area contributed by atoms with Crippen LogP contribution in [0.2, 0.25) is 0 Å². The van der Waals surface area contributed by atoms with Crippen molar-refractivity contribution in [3.05, 3.63) is 28.3 Å². The number of benzene rings is 1. The molecule has 1 saturated heterocycles. The zero-order valence-corrected chi connectivity index (χ0v) is 11.2. The zero-order valence-electron chi connectivity index (χ0n) is 11.2. The molecule has 1 aliphatic heterocycles. The van der Waals surface area contributed by atoms with Crippen LogP contribution in [0.15, 0.2) is 22.6 Å². The van der Waals surface area contributed by atoms with Crippen LogP contribution < -0.4 is 10.2 Å². The summed E-state index contributed by atoms with van der Waals surface area (Å²) in [6.45, 7) is 1.87. The SMILES string of the molecule is CN(CC1CCCN1)c1nc2ccc([N+](=O)[O-])cc2o1. The molecule has 7 nitrogen and oxygen atoms in total. The number of likely N-dealkylation sites (N-methyl/N-ethyl adjacent to an activating group) is 1. The molecule has 0 radical (unpaired) electrons. The first-order valence-corrected chi connectivity index (χ1v) is 6.63. The van der Waals surface area contributed by atoms with Gasteiger partial charge in [0.1, 0.15) is 5.52 Å².